The molecule has 3 saturated heterocycles. The number of halogens is 1. The Hall–Kier alpha value is -2.89. The van der Waals surface area contributed by atoms with Crippen LogP contribution in [0.1, 0.15) is 34.8 Å². The summed E-state index contributed by atoms with van der Waals surface area (Å²) in [5, 5.41) is 4.98. The van der Waals surface area contributed by atoms with E-state index in [2.05, 4.69) is 27.9 Å². The monoisotopic (exact) mass is 461 g/mol. The maximum atomic E-state index is 13.3. The van der Waals surface area contributed by atoms with Crippen molar-refractivity contribution in [1.29, 1.82) is 0 Å². The average molecular weight is 462 g/mol. The second-order valence-corrected chi connectivity index (χ2v) is 9.42. The van der Waals surface area contributed by atoms with Crippen molar-refractivity contribution in [2.24, 2.45) is 11.8 Å². The summed E-state index contributed by atoms with van der Waals surface area (Å²) in [6, 6.07) is 15.0. The number of aromatic nitrogens is 1. The number of amides is 1. The topological polar surface area (TPSA) is 54.5 Å². The number of piperidine rings is 3. The van der Waals surface area contributed by atoms with Gasteiger partial charge >= 0.3 is 0 Å². The van der Waals surface area contributed by atoms with Gasteiger partial charge in [-0.15, -0.1) is 6.58 Å². The predicted molar refractivity (Wildman–Crippen MR) is 132 cm³/mol. The van der Waals surface area contributed by atoms with Crippen LogP contribution in [-0.4, -0.2) is 42.0 Å². The summed E-state index contributed by atoms with van der Waals surface area (Å²) in [4.78, 5) is 20.4. The van der Waals surface area contributed by atoms with E-state index in [1.807, 2.05) is 30.5 Å². The van der Waals surface area contributed by atoms with Gasteiger partial charge in [0.25, 0.3) is 5.91 Å². The van der Waals surface area contributed by atoms with Crippen molar-refractivity contribution in [2.75, 3.05) is 20.2 Å². The minimum absolute atomic E-state index is 0.104. The number of methoxy groups -OCH3 is 1. The van der Waals surface area contributed by atoms with E-state index in [1.54, 1.807) is 31.4 Å². The second kappa shape index (κ2) is 9.16. The van der Waals surface area contributed by atoms with Gasteiger partial charge in [0.2, 0.25) is 0 Å². The lowest BCUT2D eigenvalue weighted by Crippen LogP contribution is -2.57. The van der Waals surface area contributed by atoms with Gasteiger partial charge in [-0.05, 0) is 85.3 Å². The van der Waals surface area contributed by atoms with Crippen molar-refractivity contribution in [3.63, 3.8) is 0 Å². The number of benzene rings is 2. The standard InChI is InChI=1S/C27H28ClN3O2/c1-3-17-16-31-13-11-19(17)14-25(31)26(30-27(32)18-4-6-20(28)7-5-18)22-10-12-29-24-9-8-21(33-2)15-23(22)24/h3-10,12,15,17,19,25-26H,1,11,13-14,16H2,2H3,(H,30,32)/t17?,19?,25-,26-/m0/s1. The molecule has 2 aromatic carbocycles. The molecule has 1 amide bonds. The molecule has 5 nitrogen and oxygen atoms in total. The van der Waals surface area contributed by atoms with Crippen LogP contribution in [0, 0.1) is 11.8 Å². The molecule has 3 unspecified atom stereocenters. The fraction of sp³-hybridized carbons (Fsp3) is 0.333. The number of hydrogen-bond donors (Lipinski definition) is 1. The van der Waals surface area contributed by atoms with Crippen molar-refractivity contribution < 1.29 is 9.53 Å². The van der Waals surface area contributed by atoms with Crippen LogP contribution < -0.4 is 10.1 Å². The SMILES string of the molecule is C=CC1CN2CCC1C[C@H]2[C@@H](NC(=O)c1ccc(Cl)cc1)c1ccnc2ccc(OC)cc12. The molecule has 0 radical (unpaired) electrons. The molecule has 6 heteroatoms. The Morgan fingerprint density at radius 3 is 2.79 bits per heavy atom. The number of nitrogens with one attached hydrogen (secondary N) is 1. The zero-order chi connectivity index (χ0) is 22.9. The Balaban J connectivity index is 1.56. The summed E-state index contributed by atoms with van der Waals surface area (Å²) in [5.74, 6) is 1.77. The van der Waals surface area contributed by atoms with Gasteiger partial charge in [0.05, 0.1) is 18.7 Å². The minimum Gasteiger partial charge on any atom is -0.497 e. The molecule has 3 aromatic rings. The Bertz CT molecular complexity index is 1180. The van der Waals surface area contributed by atoms with Crippen LogP contribution in [-0.2, 0) is 0 Å². The van der Waals surface area contributed by atoms with Crippen molar-refractivity contribution in [1.82, 2.24) is 15.2 Å². The molecular formula is C27H28ClN3O2. The number of rotatable bonds is 6. The molecule has 0 saturated carbocycles. The quantitative estimate of drug-likeness (QED) is 0.508. The molecule has 0 aliphatic carbocycles. The minimum atomic E-state index is -0.181. The third kappa shape index (κ3) is 4.23. The van der Waals surface area contributed by atoms with E-state index in [1.165, 1.54) is 6.42 Å². The second-order valence-electron chi connectivity index (χ2n) is 8.99. The van der Waals surface area contributed by atoms with Gasteiger partial charge in [-0.25, -0.2) is 0 Å². The highest BCUT2D eigenvalue weighted by Gasteiger charge is 2.43. The summed E-state index contributed by atoms with van der Waals surface area (Å²) < 4.78 is 5.49. The molecule has 33 heavy (non-hydrogen) atoms. The van der Waals surface area contributed by atoms with Crippen molar-refractivity contribution in [3.05, 3.63) is 83.5 Å². The number of pyridine rings is 1. The fourth-order valence-electron chi connectivity index (χ4n) is 5.48. The Morgan fingerprint density at radius 2 is 2.09 bits per heavy atom. The van der Waals surface area contributed by atoms with E-state index in [4.69, 9.17) is 16.3 Å². The summed E-state index contributed by atoms with van der Waals surface area (Å²) in [6.45, 7) is 6.08. The van der Waals surface area contributed by atoms with E-state index >= 15 is 0 Å². The van der Waals surface area contributed by atoms with Gasteiger partial charge < -0.3 is 10.1 Å². The molecule has 5 atom stereocenters. The lowest BCUT2D eigenvalue weighted by molar-refractivity contribution is 0.00170. The Morgan fingerprint density at radius 1 is 1.27 bits per heavy atom. The van der Waals surface area contributed by atoms with E-state index in [0.29, 0.717) is 22.4 Å². The number of nitrogens with zero attached hydrogens (tertiary/aromatic N) is 2. The maximum absolute atomic E-state index is 13.3. The Labute approximate surface area is 199 Å². The number of ether oxygens (including phenoxy) is 1. The molecule has 0 spiro atoms. The highest BCUT2D eigenvalue weighted by atomic mass is 35.5. The molecule has 3 aliphatic rings. The molecule has 2 bridgehead atoms. The van der Waals surface area contributed by atoms with E-state index in [9.17, 15) is 4.79 Å². The molecule has 1 N–H and O–H groups in total. The van der Waals surface area contributed by atoms with Crippen LogP contribution in [0.4, 0.5) is 0 Å². The summed E-state index contributed by atoms with van der Waals surface area (Å²) in [5.41, 5.74) is 2.55. The van der Waals surface area contributed by atoms with Crippen molar-refractivity contribution in [3.8, 4) is 5.75 Å². The van der Waals surface area contributed by atoms with Gasteiger partial charge in [-0.1, -0.05) is 17.7 Å². The highest BCUT2D eigenvalue weighted by Crippen LogP contribution is 2.42. The van der Waals surface area contributed by atoms with Gasteiger partial charge in [0.1, 0.15) is 5.75 Å². The maximum Gasteiger partial charge on any atom is 0.251 e. The molecular weight excluding hydrogens is 434 g/mol. The summed E-state index contributed by atoms with van der Waals surface area (Å²) in [6.07, 6.45) is 6.13. The normalized spacial score (nSPS) is 24.9. The summed E-state index contributed by atoms with van der Waals surface area (Å²) in [7, 11) is 1.66. The number of carbonyl (C=O) groups is 1. The first-order chi connectivity index (χ1) is 16.1. The van der Waals surface area contributed by atoms with Crippen LogP contribution in [0.25, 0.3) is 10.9 Å². The third-order valence-corrected chi connectivity index (χ3v) is 7.50. The number of hydrogen-bond acceptors (Lipinski definition) is 4. The number of carbonyl (C=O) groups excluding carboxylic acids is 1. The molecule has 4 heterocycles. The molecule has 6 rings (SSSR count). The first-order valence-corrected chi connectivity index (χ1v) is 11.8. The summed E-state index contributed by atoms with van der Waals surface area (Å²) >= 11 is 6.04. The predicted octanol–water partition coefficient (Wildman–Crippen LogP) is 5.26. The van der Waals surface area contributed by atoms with Gasteiger partial charge in [0.15, 0.2) is 0 Å². The lowest BCUT2D eigenvalue weighted by Gasteiger charge is -2.51. The largest absolute Gasteiger partial charge is 0.497 e. The van der Waals surface area contributed by atoms with Gasteiger partial charge in [0, 0.05) is 34.8 Å². The first-order valence-electron chi connectivity index (χ1n) is 11.4. The van der Waals surface area contributed by atoms with E-state index in [-0.39, 0.29) is 18.0 Å². The lowest BCUT2D eigenvalue weighted by atomic mass is 9.73. The van der Waals surface area contributed by atoms with Crippen LogP contribution >= 0.6 is 11.6 Å². The van der Waals surface area contributed by atoms with Crippen LogP contribution in [0.5, 0.6) is 5.75 Å². The zero-order valence-electron chi connectivity index (χ0n) is 18.7. The van der Waals surface area contributed by atoms with Crippen LogP contribution in [0.15, 0.2) is 67.4 Å². The van der Waals surface area contributed by atoms with E-state index < -0.39 is 0 Å². The zero-order valence-corrected chi connectivity index (χ0v) is 19.5. The van der Waals surface area contributed by atoms with Gasteiger partial charge in [-0.2, -0.15) is 0 Å². The highest BCUT2D eigenvalue weighted by molar-refractivity contribution is 6.30. The molecule has 1 aromatic heterocycles. The Kier molecular flexibility index (Phi) is 6.09. The van der Waals surface area contributed by atoms with Crippen molar-refractivity contribution >= 4 is 28.4 Å². The third-order valence-electron chi connectivity index (χ3n) is 7.25. The van der Waals surface area contributed by atoms with Crippen LogP contribution in [0.3, 0.4) is 0 Å². The number of fused-ring (bicyclic) bond motifs is 4. The fourth-order valence-corrected chi connectivity index (χ4v) is 5.60. The van der Waals surface area contributed by atoms with E-state index in [0.717, 1.165) is 41.7 Å². The van der Waals surface area contributed by atoms with Crippen molar-refractivity contribution in [2.45, 2.75) is 24.9 Å². The molecule has 3 aliphatic heterocycles. The first kappa shape index (κ1) is 21.9. The average Bonchev–Trinajstić information content (AvgIpc) is 2.87. The molecule has 170 valence electrons. The van der Waals surface area contributed by atoms with Gasteiger partial charge in [-0.3, -0.25) is 14.7 Å². The smallest absolute Gasteiger partial charge is 0.251 e. The molecule has 3 fully saturated rings. The van der Waals surface area contributed by atoms with Crippen LogP contribution in [0.2, 0.25) is 5.02 Å².